The van der Waals surface area contributed by atoms with Crippen molar-refractivity contribution >= 4 is 34.7 Å². The van der Waals surface area contributed by atoms with Crippen LogP contribution in [0.25, 0.3) is 0 Å². The van der Waals surface area contributed by atoms with Gasteiger partial charge in [-0.1, -0.05) is 6.08 Å². The molecule has 0 spiro atoms. The van der Waals surface area contributed by atoms with Gasteiger partial charge in [0.05, 0.1) is 0 Å². The second-order valence-electron chi connectivity index (χ2n) is 2.03. The second kappa shape index (κ2) is 4.89. The zero-order chi connectivity index (χ0) is 9.72. The number of nitrogens with zero attached hydrogens (tertiary/aromatic N) is 2. The molecule has 0 fully saturated rings. The highest BCUT2D eigenvalue weighted by Crippen LogP contribution is 1.95. The Hall–Kier alpha value is -0.880. The summed E-state index contributed by atoms with van der Waals surface area (Å²) in [6.45, 7) is 1.85. The minimum absolute atomic E-state index is 0.198. The third kappa shape index (κ3) is 3.02. The molecule has 0 aromatic rings. The van der Waals surface area contributed by atoms with Gasteiger partial charge in [0.2, 0.25) is 0 Å². The monoisotopic (exact) mass is 204 g/mol. The van der Waals surface area contributed by atoms with E-state index >= 15 is 0 Å². The van der Waals surface area contributed by atoms with E-state index in [0.717, 1.165) is 0 Å². The van der Waals surface area contributed by atoms with E-state index in [9.17, 15) is 0 Å². The molecule has 4 N–H and O–H groups in total. The first-order valence-corrected chi connectivity index (χ1v) is 4.07. The summed E-state index contributed by atoms with van der Waals surface area (Å²) in [6.07, 6.45) is 3.47. The van der Waals surface area contributed by atoms with Crippen LogP contribution in [0.5, 0.6) is 0 Å². The Bertz CT molecular complexity index is 214. The fourth-order valence-electron chi connectivity index (χ4n) is 0.569. The number of hydrogen-bond acceptors (Lipinski definition) is 2. The molecular formula is C6H12N4S2. The topological polar surface area (TPSA) is 58.5 Å². The maximum Gasteiger partial charge on any atom is 0.189 e. The van der Waals surface area contributed by atoms with Crippen LogP contribution in [-0.2, 0) is 0 Å². The van der Waals surface area contributed by atoms with Crippen LogP contribution in [0, 0.1) is 0 Å². The lowest BCUT2D eigenvalue weighted by molar-refractivity contribution is 0.241. The predicted octanol–water partition coefficient (Wildman–Crippen LogP) is 0.156. The van der Waals surface area contributed by atoms with Gasteiger partial charge in [0.15, 0.2) is 10.2 Å². The van der Waals surface area contributed by atoms with Gasteiger partial charge in [0, 0.05) is 13.2 Å². The Morgan fingerprint density at radius 1 is 1.25 bits per heavy atom. The average Bonchev–Trinajstić information content (AvgIpc) is 1.98. The van der Waals surface area contributed by atoms with E-state index in [0.29, 0.717) is 0 Å². The Balaban J connectivity index is 4.50. The van der Waals surface area contributed by atoms with Crippen molar-refractivity contribution in [3.05, 3.63) is 12.3 Å². The molecule has 0 bridgehead atoms. The summed E-state index contributed by atoms with van der Waals surface area (Å²) in [5, 5.41) is 3.37. The molecule has 0 aliphatic heterocycles. The lowest BCUT2D eigenvalue weighted by Crippen LogP contribution is -2.48. The zero-order valence-electron chi connectivity index (χ0n) is 7.02. The van der Waals surface area contributed by atoms with Gasteiger partial charge in [-0.15, -0.1) is 0 Å². The summed E-state index contributed by atoms with van der Waals surface area (Å²) >= 11 is 9.51. The minimum Gasteiger partial charge on any atom is -0.375 e. The van der Waals surface area contributed by atoms with Crippen LogP contribution in [0.15, 0.2) is 12.3 Å². The molecule has 68 valence electrons. The number of nitrogens with two attached hydrogens (primary N) is 2. The van der Waals surface area contributed by atoms with Crippen LogP contribution in [0.1, 0.15) is 6.92 Å². The van der Waals surface area contributed by atoms with Crippen LogP contribution in [-0.4, -0.2) is 27.3 Å². The lowest BCUT2D eigenvalue weighted by atomic mass is 10.7. The standard InChI is InChI=1S/C6H12N4S2/c1-3-4-10(6(8)12)9(2)5(7)11/h3-4H,1-2H3,(H2,7,11)(H2,8,12)/b4-3-. The van der Waals surface area contributed by atoms with E-state index in [1.165, 1.54) is 10.0 Å². The number of allylic oxidation sites excluding steroid dienone is 1. The Labute approximate surface area is 82.8 Å². The van der Waals surface area contributed by atoms with Crippen LogP contribution < -0.4 is 11.5 Å². The molecule has 0 aliphatic rings. The first-order chi connectivity index (χ1) is 5.50. The van der Waals surface area contributed by atoms with Gasteiger partial charge in [0.25, 0.3) is 0 Å². The Kier molecular flexibility index (Phi) is 4.53. The third-order valence-electron chi connectivity index (χ3n) is 1.16. The molecule has 0 rings (SSSR count). The first-order valence-electron chi connectivity index (χ1n) is 3.25. The van der Waals surface area contributed by atoms with Gasteiger partial charge in [-0.3, -0.25) is 5.01 Å². The number of hydrogen-bond donors (Lipinski definition) is 2. The van der Waals surface area contributed by atoms with Crippen molar-refractivity contribution in [2.45, 2.75) is 6.92 Å². The van der Waals surface area contributed by atoms with Crippen molar-refractivity contribution < 1.29 is 0 Å². The zero-order valence-corrected chi connectivity index (χ0v) is 8.65. The molecular weight excluding hydrogens is 192 g/mol. The van der Waals surface area contributed by atoms with E-state index in [-0.39, 0.29) is 10.2 Å². The van der Waals surface area contributed by atoms with Crippen molar-refractivity contribution in [3.63, 3.8) is 0 Å². The highest BCUT2D eigenvalue weighted by atomic mass is 32.1. The van der Waals surface area contributed by atoms with Crippen LogP contribution in [0.2, 0.25) is 0 Å². The molecule has 0 atom stereocenters. The molecule has 0 radical (unpaired) electrons. The minimum atomic E-state index is 0.198. The molecule has 0 aromatic carbocycles. The molecule has 0 saturated heterocycles. The Morgan fingerprint density at radius 3 is 2.00 bits per heavy atom. The SMILES string of the molecule is C/C=C\N(C(N)=S)N(C)C(N)=S. The van der Waals surface area contributed by atoms with Gasteiger partial charge in [-0.25, -0.2) is 5.01 Å². The summed E-state index contributed by atoms with van der Waals surface area (Å²) in [5.41, 5.74) is 10.8. The van der Waals surface area contributed by atoms with Gasteiger partial charge >= 0.3 is 0 Å². The summed E-state index contributed by atoms with van der Waals surface area (Å²) in [5.74, 6) is 0. The fraction of sp³-hybridized carbons (Fsp3) is 0.333. The summed E-state index contributed by atoms with van der Waals surface area (Å²) in [4.78, 5) is 0. The molecule has 4 nitrogen and oxygen atoms in total. The molecule has 0 heterocycles. The van der Waals surface area contributed by atoms with Crippen molar-refractivity contribution in [3.8, 4) is 0 Å². The van der Waals surface area contributed by atoms with Gasteiger partial charge in [0.1, 0.15) is 0 Å². The van der Waals surface area contributed by atoms with Gasteiger partial charge in [-0.05, 0) is 31.4 Å². The highest BCUT2D eigenvalue weighted by Gasteiger charge is 2.09. The fourth-order valence-corrected chi connectivity index (χ4v) is 0.840. The van der Waals surface area contributed by atoms with Crippen LogP contribution >= 0.6 is 24.4 Å². The molecule has 0 aliphatic carbocycles. The van der Waals surface area contributed by atoms with Crippen molar-refractivity contribution in [2.24, 2.45) is 11.5 Å². The van der Waals surface area contributed by atoms with Gasteiger partial charge in [-0.2, -0.15) is 0 Å². The van der Waals surface area contributed by atoms with E-state index < -0.39 is 0 Å². The summed E-state index contributed by atoms with van der Waals surface area (Å²) < 4.78 is 0. The quantitative estimate of drug-likeness (QED) is 0.468. The predicted molar refractivity (Wildman–Crippen MR) is 58.0 cm³/mol. The lowest BCUT2D eigenvalue weighted by Gasteiger charge is -2.29. The van der Waals surface area contributed by atoms with E-state index in [1.807, 2.05) is 6.92 Å². The first kappa shape index (κ1) is 11.1. The number of thiocarbonyl (C=S) groups is 2. The molecule has 0 aromatic heterocycles. The molecule has 12 heavy (non-hydrogen) atoms. The van der Waals surface area contributed by atoms with Gasteiger partial charge < -0.3 is 11.5 Å². The molecule has 0 unspecified atom stereocenters. The van der Waals surface area contributed by atoms with Crippen LogP contribution in [0.4, 0.5) is 0 Å². The van der Waals surface area contributed by atoms with E-state index in [1.54, 1.807) is 19.3 Å². The smallest absolute Gasteiger partial charge is 0.189 e. The van der Waals surface area contributed by atoms with E-state index in [4.69, 9.17) is 35.9 Å². The normalized spacial score (nSPS) is 9.83. The van der Waals surface area contributed by atoms with Crippen molar-refractivity contribution in [1.82, 2.24) is 10.0 Å². The number of hydrazine groups is 1. The number of rotatable bonds is 1. The van der Waals surface area contributed by atoms with Crippen molar-refractivity contribution in [2.75, 3.05) is 7.05 Å². The maximum absolute atomic E-state index is 5.41. The van der Waals surface area contributed by atoms with Crippen molar-refractivity contribution in [1.29, 1.82) is 0 Å². The summed E-state index contributed by atoms with van der Waals surface area (Å²) in [7, 11) is 1.68. The highest BCUT2D eigenvalue weighted by molar-refractivity contribution is 7.80. The molecule has 0 saturated carbocycles. The second-order valence-corrected chi connectivity index (χ2v) is 2.86. The molecule has 6 heteroatoms. The average molecular weight is 204 g/mol. The third-order valence-corrected chi connectivity index (χ3v) is 1.61. The van der Waals surface area contributed by atoms with E-state index in [2.05, 4.69) is 0 Å². The Morgan fingerprint density at radius 2 is 1.75 bits per heavy atom. The molecule has 0 amide bonds. The largest absolute Gasteiger partial charge is 0.375 e. The maximum atomic E-state index is 5.41. The van der Waals surface area contributed by atoms with Crippen LogP contribution in [0.3, 0.4) is 0 Å². The summed E-state index contributed by atoms with van der Waals surface area (Å²) in [6, 6.07) is 0.